The Morgan fingerprint density at radius 1 is 1.07 bits per heavy atom. The van der Waals surface area contributed by atoms with Gasteiger partial charge in [0.2, 0.25) is 0 Å². The van der Waals surface area contributed by atoms with Gasteiger partial charge in [-0.2, -0.15) is 5.26 Å². The molecule has 1 heterocycles. The summed E-state index contributed by atoms with van der Waals surface area (Å²) in [5.74, 6) is -0.370. The van der Waals surface area contributed by atoms with Crippen LogP contribution in [0.3, 0.4) is 0 Å². The first-order chi connectivity index (χ1) is 13.1. The number of halogens is 1. The molecule has 0 unspecified atom stereocenters. The van der Waals surface area contributed by atoms with E-state index in [1.807, 2.05) is 29.7 Å². The summed E-state index contributed by atoms with van der Waals surface area (Å²) in [4.78, 5) is 4.46. The van der Waals surface area contributed by atoms with Gasteiger partial charge in [0.25, 0.3) is 0 Å². The van der Waals surface area contributed by atoms with Crippen molar-refractivity contribution >= 4 is 11.0 Å². The lowest BCUT2D eigenvalue weighted by Gasteiger charge is -2.11. The third-order valence-electron chi connectivity index (χ3n) is 4.66. The normalized spacial score (nSPS) is 12.1. The van der Waals surface area contributed by atoms with E-state index in [2.05, 4.69) is 11.1 Å². The van der Waals surface area contributed by atoms with E-state index in [0.717, 1.165) is 22.3 Å². The minimum Gasteiger partial charge on any atom is -0.324 e. The summed E-state index contributed by atoms with van der Waals surface area (Å²) in [6.07, 6.45) is 1.71. The van der Waals surface area contributed by atoms with Crippen LogP contribution < -0.4 is 5.73 Å². The highest BCUT2D eigenvalue weighted by Gasteiger charge is 2.13. The maximum atomic E-state index is 14.5. The number of benzene rings is 3. The van der Waals surface area contributed by atoms with Gasteiger partial charge in [0.1, 0.15) is 12.1 Å². The van der Waals surface area contributed by atoms with E-state index in [1.54, 1.807) is 42.7 Å². The average molecular weight is 356 g/mol. The fourth-order valence-electron chi connectivity index (χ4n) is 3.20. The third-order valence-corrected chi connectivity index (χ3v) is 4.66. The summed E-state index contributed by atoms with van der Waals surface area (Å²) in [6.45, 7) is 1.93. The van der Waals surface area contributed by atoms with Gasteiger partial charge in [-0.25, -0.2) is 9.37 Å². The molecule has 0 spiro atoms. The quantitative estimate of drug-likeness (QED) is 0.577. The monoisotopic (exact) mass is 356 g/mol. The Labute approximate surface area is 156 Å². The predicted octanol–water partition coefficient (Wildman–Crippen LogP) is 4.72. The highest BCUT2D eigenvalue weighted by molar-refractivity contribution is 5.79. The molecule has 0 amide bonds. The van der Waals surface area contributed by atoms with Crippen LogP contribution >= 0.6 is 0 Å². The molecule has 1 aromatic heterocycles. The lowest BCUT2D eigenvalue weighted by molar-refractivity contribution is 0.631. The Bertz CT molecular complexity index is 1180. The highest BCUT2D eigenvalue weighted by Crippen LogP contribution is 2.29. The maximum Gasteiger partial charge on any atom is 0.131 e. The lowest BCUT2D eigenvalue weighted by Crippen LogP contribution is -2.04. The second kappa shape index (κ2) is 6.67. The van der Waals surface area contributed by atoms with Gasteiger partial charge in [-0.15, -0.1) is 0 Å². The molecule has 0 aliphatic heterocycles. The van der Waals surface area contributed by atoms with E-state index in [4.69, 9.17) is 5.73 Å². The smallest absolute Gasteiger partial charge is 0.131 e. The molecule has 0 fully saturated rings. The first-order valence-corrected chi connectivity index (χ1v) is 8.60. The Hall–Kier alpha value is -3.49. The van der Waals surface area contributed by atoms with Crippen LogP contribution in [0.5, 0.6) is 0 Å². The first-order valence-electron chi connectivity index (χ1n) is 8.60. The number of nitrogens with zero attached hydrogens (tertiary/aromatic N) is 3. The van der Waals surface area contributed by atoms with Crippen molar-refractivity contribution in [2.75, 3.05) is 0 Å². The Morgan fingerprint density at radius 2 is 1.89 bits per heavy atom. The topological polar surface area (TPSA) is 67.6 Å². The van der Waals surface area contributed by atoms with E-state index in [0.29, 0.717) is 16.7 Å². The standard InChI is InChI=1S/C22H17FN4/c1-14(25)15-6-9-22-21(10-15)26-13-27(22)17-7-8-20(23)19(11-17)18-5-3-2-4-16(18)12-24/h2-11,13-14H,25H2,1H3/t14-/m1/s1. The molecule has 4 rings (SSSR count). The van der Waals surface area contributed by atoms with Crippen molar-refractivity contribution in [3.8, 4) is 22.9 Å². The van der Waals surface area contributed by atoms with Crippen LogP contribution in [0.2, 0.25) is 0 Å². The number of fused-ring (bicyclic) bond motifs is 1. The number of aromatic nitrogens is 2. The number of hydrogen-bond acceptors (Lipinski definition) is 3. The number of imidazole rings is 1. The van der Waals surface area contributed by atoms with Gasteiger partial charge < -0.3 is 5.73 Å². The fourth-order valence-corrected chi connectivity index (χ4v) is 3.20. The number of nitriles is 1. The molecule has 0 radical (unpaired) electrons. The highest BCUT2D eigenvalue weighted by atomic mass is 19.1. The van der Waals surface area contributed by atoms with Crippen molar-refractivity contribution in [3.63, 3.8) is 0 Å². The van der Waals surface area contributed by atoms with Gasteiger partial charge in [0, 0.05) is 22.9 Å². The minimum absolute atomic E-state index is 0.0699. The van der Waals surface area contributed by atoms with Gasteiger partial charge >= 0.3 is 0 Å². The maximum absolute atomic E-state index is 14.5. The zero-order valence-corrected chi connectivity index (χ0v) is 14.7. The third kappa shape index (κ3) is 2.97. The molecule has 4 nitrogen and oxygen atoms in total. The van der Waals surface area contributed by atoms with Crippen LogP contribution in [0, 0.1) is 17.1 Å². The van der Waals surface area contributed by atoms with Crippen molar-refractivity contribution in [2.24, 2.45) is 5.73 Å². The van der Waals surface area contributed by atoms with Crippen LogP contribution in [0.25, 0.3) is 27.8 Å². The van der Waals surface area contributed by atoms with E-state index in [9.17, 15) is 9.65 Å². The summed E-state index contributed by atoms with van der Waals surface area (Å²) in [5.41, 5.74) is 10.9. The summed E-state index contributed by atoms with van der Waals surface area (Å²) in [7, 11) is 0. The molecule has 2 N–H and O–H groups in total. The van der Waals surface area contributed by atoms with E-state index in [-0.39, 0.29) is 11.9 Å². The molecular weight excluding hydrogens is 339 g/mol. The minimum atomic E-state index is -0.370. The van der Waals surface area contributed by atoms with Crippen LogP contribution in [0.4, 0.5) is 4.39 Å². The summed E-state index contributed by atoms with van der Waals surface area (Å²) < 4.78 is 16.4. The van der Waals surface area contributed by atoms with Gasteiger partial charge in [-0.05, 0) is 48.9 Å². The Kier molecular flexibility index (Phi) is 4.19. The lowest BCUT2D eigenvalue weighted by atomic mass is 9.99. The van der Waals surface area contributed by atoms with Crippen LogP contribution in [0.1, 0.15) is 24.1 Å². The zero-order chi connectivity index (χ0) is 19.0. The number of hydrogen-bond donors (Lipinski definition) is 1. The molecule has 4 aromatic rings. The van der Waals surface area contributed by atoms with Gasteiger partial charge in [-0.3, -0.25) is 4.57 Å². The second-order valence-electron chi connectivity index (χ2n) is 6.47. The van der Waals surface area contributed by atoms with E-state index in [1.165, 1.54) is 6.07 Å². The average Bonchev–Trinajstić information content (AvgIpc) is 3.11. The summed E-state index contributed by atoms with van der Waals surface area (Å²) in [5, 5.41) is 9.34. The molecule has 132 valence electrons. The molecule has 27 heavy (non-hydrogen) atoms. The molecule has 0 aliphatic carbocycles. The number of rotatable bonds is 3. The van der Waals surface area contributed by atoms with Gasteiger partial charge in [0.05, 0.1) is 22.7 Å². The van der Waals surface area contributed by atoms with Crippen molar-refractivity contribution in [3.05, 3.63) is 83.9 Å². The predicted molar refractivity (Wildman–Crippen MR) is 104 cm³/mol. The Morgan fingerprint density at radius 3 is 2.67 bits per heavy atom. The van der Waals surface area contributed by atoms with E-state index < -0.39 is 0 Å². The molecule has 0 saturated carbocycles. The van der Waals surface area contributed by atoms with Crippen molar-refractivity contribution in [1.82, 2.24) is 9.55 Å². The van der Waals surface area contributed by atoms with Crippen molar-refractivity contribution in [2.45, 2.75) is 13.0 Å². The molecule has 5 heteroatoms. The van der Waals surface area contributed by atoms with Crippen LogP contribution in [-0.4, -0.2) is 9.55 Å². The van der Waals surface area contributed by atoms with Gasteiger partial charge in [-0.1, -0.05) is 24.3 Å². The fraction of sp³-hybridized carbons (Fsp3) is 0.0909. The number of nitrogens with two attached hydrogens (primary N) is 1. The molecule has 0 saturated heterocycles. The molecule has 1 atom stereocenters. The van der Waals surface area contributed by atoms with E-state index >= 15 is 0 Å². The van der Waals surface area contributed by atoms with Gasteiger partial charge in [0.15, 0.2) is 0 Å². The molecule has 0 aliphatic rings. The Balaban J connectivity index is 1.87. The molecule has 0 bridgehead atoms. The largest absolute Gasteiger partial charge is 0.324 e. The van der Waals surface area contributed by atoms with Crippen LogP contribution in [-0.2, 0) is 0 Å². The molecule has 3 aromatic carbocycles. The summed E-state index contributed by atoms with van der Waals surface area (Å²) >= 11 is 0. The SMILES string of the molecule is C[C@@H](N)c1ccc2c(c1)ncn2-c1ccc(F)c(-c2ccccc2C#N)c1. The van der Waals surface area contributed by atoms with Crippen molar-refractivity contribution < 1.29 is 4.39 Å². The first kappa shape index (κ1) is 17.0. The van der Waals surface area contributed by atoms with Crippen LogP contribution in [0.15, 0.2) is 67.0 Å². The molecular formula is C22H17FN4. The summed E-state index contributed by atoms with van der Waals surface area (Å²) in [6, 6.07) is 19.8. The van der Waals surface area contributed by atoms with Crippen molar-refractivity contribution in [1.29, 1.82) is 5.26 Å². The zero-order valence-electron chi connectivity index (χ0n) is 14.7. The second-order valence-corrected chi connectivity index (χ2v) is 6.47.